The molecular formula is C13H25NS. The molecule has 88 valence electrons. The Kier molecular flexibility index (Phi) is 3.37. The fourth-order valence-electron chi connectivity index (χ4n) is 3.62. The first-order chi connectivity index (χ1) is 7.08. The van der Waals surface area contributed by atoms with Gasteiger partial charge < -0.3 is 5.32 Å². The van der Waals surface area contributed by atoms with Crippen LogP contribution in [-0.4, -0.2) is 24.6 Å². The molecule has 0 amide bonds. The van der Waals surface area contributed by atoms with Crippen molar-refractivity contribution in [2.45, 2.75) is 40.0 Å². The summed E-state index contributed by atoms with van der Waals surface area (Å²) in [6.07, 6.45) is 4.21. The minimum absolute atomic E-state index is 0.563. The summed E-state index contributed by atoms with van der Waals surface area (Å²) < 4.78 is 0. The third-order valence-electron chi connectivity index (χ3n) is 4.26. The Hall–Kier alpha value is 0.310. The van der Waals surface area contributed by atoms with Crippen molar-refractivity contribution in [3.05, 3.63) is 0 Å². The van der Waals surface area contributed by atoms with Crippen LogP contribution in [0, 0.1) is 16.7 Å². The van der Waals surface area contributed by atoms with Crippen molar-refractivity contribution in [1.29, 1.82) is 0 Å². The fraction of sp³-hybridized carbons (Fsp3) is 1.00. The van der Waals surface area contributed by atoms with Crippen molar-refractivity contribution in [3.63, 3.8) is 0 Å². The largest absolute Gasteiger partial charge is 0.316 e. The quantitative estimate of drug-likeness (QED) is 0.738. The van der Waals surface area contributed by atoms with E-state index in [2.05, 4.69) is 37.8 Å². The second-order valence-electron chi connectivity index (χ2n) is 6.26. The molecule has 2 aliphatic rings. The van der Waals surface area contributed by atoms with E-state index < -0.39 is 0 Å². The van der Waals surface area contributed by atoms with Crippen LogP contribution in [0.2, 0.25) is 0 Å². The summed E-state index contributed by atoms with van der Waals surface area (Å²) in [4.78, 5) is 0. The summed E-state index contributed by atoms with van der Waals surface area (Å²) in [5.74, 6) is 3.69. The highest BCUT2D eigenvalue weighted by atomic mass is 32.2. The molecular weight excluding hydrogens is 202 g/mol. The maximum absolute atomic E-state index is 3.58. The highest BCUT2D eigenvalue weighted by Crippen LogP contribution is 2.51. The predicted molar refractivity (Wildman–Crippen MR) is 69.4 cm³/mol. The molecule has 2 unspecified atom stereocenters. The number of piperidine rings is 1. The first-order valence-electron chi connectivity index (χ1n) is 6.36. The lowest BCUT2D eigenvalue weighted by Gasteiger charge is -2.51. The molecule has 2 heteroatoms. The first-order valence-corrected chi connectivity index (χ1v) is 7.52. The van der Waals surface area contributed by atoms with E-state index in [0.29, 0.717) is 10.8 Å². The molecule has 2 saturated heterocycles. The molecule has 0 aromatic rings. The second kappa shape index (κ2) is 4.29. The second-order valence-corrected chi connectivity index (χ2v) is 7.24. The standard InChI is InChI=1S/C13H25NS/c1-4-11-7-14-6-5-13(11)8-12(2,3)9-15-10-13/h11,14H,4-10H2,1-3H3. The summed E-state index contributed by atoms with van der Waals surface area (Å²) >= 11 is 2.20. The van der Waals surface area contributed by atoms with Crippen molar-refractivity contribution in [2.75, 3.05) is 24.6 Å². The zero-order chi connectivity index (χ0) is 10.9. The smallest absolute Gasteiger partial charge is 0.000679 e. The molecule has 2 fully saturated rings. The van der Waals surface area contributed by atoms with Crippen LogP contribution in [0.4, 0.5) is 0 Å². The van der Waals surface area contributed by atoms with E-state index >= 15 is 0 Å². The van der Waals surface area contributed by atoms with Gasteiger partial charge in [0, 0.05) is 0 Å². The van der Waals surface area contributed by atoms with Crippen LogP contribution in [-0.2, 0) is 0 Å². The monoisotopic (exact) mass is 227 g/mol. The zero-order valence-electron chi connectivity index (χ0n) is 10.4. The number of thioether (sulfide) groups is 1. The third kappa shape index (κ3) is 2.36. The van der Waals surface area contributed by atoms with Gasteiger partial charge in [-0.3, -0.25) is 0 Å². The van der Waals surface area contributed by atoms with Gasteiger partial charge in [0.15, 0.2) is 0 Å². The molecule has 1 N–H and O–H groups in total. The zero-order valence-corrected chi connectivity index (χ0v) is 11.3. The van der Waals surface area contributed by atoms with Crippen molar-refractivity contribution in [2.24, 2.45) is 16.7 Å². The SMILES string of the molecule is CCC1CNCCC12CSCC(C)(C)C2. The minimum atomic E-state index is 0.563. The molecule has 0 saturated carbocycles. The highest BCUT2D eigenvalue weighted by molar-refractivity contribution is 7.99. The normalized spacial score (nSPS) is 40.6. The molecule has 0 bridgehead atoms. The lowest BCUT2D eigenvalue weighted by molar-refractivity contribution is 0.0709. The number of hydrogen-bond donors (Lipinski definition) is 1. The van der Waals surface area contributed by atoms with E-state index in [9.17, 15) is 0 Å². The van der Waals surface area contributed by atoms with E-state index in [1.165, 1.54) is 43.9 Å². The predicted octanol–water partition coefficient (Wildman–Crippen LogP) is 3.16. The van der Waals surface area contributed by atoms with Crippen LogP contribution in [0.1, 0.15) is 40.0 Å². The molecule has 2 atom stereocenters. The molecule has 2 heterocycles. The van der Waals surface area contributed by atoms with Gasteiger partial charge in [-0.2, -0.15) is 11.8 Å². The Morgan fingerprint density at radius 2 is 2.13 bits per heavy atom. The van der Waals surface area contributed by atoms with Gasteiger partial charge in [-0.05, 0) is 54.2 Å². The van der Waals surface area contributed by atoms with E-state index in [4.69, 9.17) is 0 Å². The Bertz CT molecular complexity index is 223. The van der Waals surface area contributed by atoms with Crippen LogP contribution in [0.5, 0.6) is 0 Å². The van der Waals surface area contributed by atoms with Crippen molar-refractivity contribution in [1.82, 2.24) is 5.32 Å². The van der Waals surface area contributed by atoms with E-state index in [-0.39, 0.29) is 0 Å². The van der Waals surface area contributed by atoms with Crippen molar-refractivity contribution < 1.29 is 0 Å². The summed E-state index contributed by atoms with van der Waals surface area (Å²) in [7, 11) is 0. The van der Waals surface area contributed by atoms with Crippen LogP contribution in [0.3, 0.4) is 0 Å². The van der Waals surface area contributed by atoms with Gasteiger partial charge in [-0.25, -0.2) is 0 Å². The molecule has 15 heavy (non-hydrogen) atoms. The number of nitrogens with one attached hydrogen (secondary N) is 1. The average Bonchev–Trinajstić information content (AvgIpc) is 2.16. The molecule has 0 aliphatic carbocycles. The summed E-state index contributed by atoms with van der Waals surface area (Å²) in [5, 5.41) is 3.58. The van der Waals surface area contributed by atoms with Gasteiger partial charge in [0.2, 0.25) is 0 Å². The van der Waals surface area contributed by atoms with Crippen LogP contribution in [0.25, 0.3) is 0 Å². The topological polar surface area (TPSA) is 12.0 Å². The maximum atomic E-state index is 3.58. The van der Waals surface area contributed by atoms with E-state index in [0.717, 1.165) is 5.92 Å². The first kappa shape index (κ1) is 11.8. The highest BCUT2D eigenvalue weighted by Gasteiger charge is 2.45. The molecule has 1 nitrogen and oxygen atoms in total. The van der Waals surface area contributed by atoms with E-state index in [1.807, 2.05) is 0 Å². The summed E-state index contributed by atoms with van der Waals surface area (Å²) in [6.45, 7) is 9.78. The Balaban J connectivity index is 2.14. The lowest BCUT2D eigenvalue weighted by Crippen LogP contribution is -2.50. The van der Waals surface area contributed by atoms with Gasteiger partial charge in [-0.1, -0.05) is 27.2 Å². The van der Waals surface area contributed by atoms with Crippen LogP contribution >= 0.6 is 11.8 Å². The Labute approximate surface area is 98.8 Å². The van der Waals surface area contributed by atoms with Gasteiger partial charge in [-0.15, -0.1) is 0 Å². The van der Waals surface area contributed by atoms with E-state index in [1.54, 1.807) is 0 Å². The Morgan fingerprint density at radius 3 is 2.80 bits per heavy atom. The summed E-state index contributed by atoms with van der Waals surface area (Å²) in [5.41, 5.74) is 1.22. The van der Waals surface area contributed by atoms with Gasteiger partial charge in [0.05, 0.1) is 0 Å². The Morgan fingerprint density at radius 1 is 1.33 bits per heavy atom. The lowest BCUT2D eigenvalue weighted by atomic mass is 9.63. The molecule has 2 aliphatic heterocycles. The van der Waals surface area contributed by atoms with Gasteiger partial charge >= 0.3 is 0 Å². The van der Waals surface area contributed by atoms with Gasteiger partial charge in [0.25, 0.3) is 0 Å². The number of rotatable bonds is 1. The summed E-state index contributed by atoms with van der Waals surface area (Å²) in [6, 6.07) is 0. The van der Waals surface area contributed by atoms with Gasteiger partial charge in [0.1, 0.15) is 0 Å². The number of hydrogen-bond acceptors (Lipinski definition) is 2. The third-order valence-corrected chi connectivity index (χ3v) is 6.03. The van der Waals surface area contributed by atoms with Crippen LogP contribution in [0.15, 0.2) is 0 Å². The molecule has 0 aromatic carbocycles. The molecule has 0 radical (unpaired) electrons. The fourth-order valence-corrected chi connectivity index (χ4v) is 5.27. The molecule has 1 spiro atoms. The molecule has 2 rings (SSSR count). The molecule has 0 aromatic heterocycles. The minimum Gasteiger partial charge on any atom is -0.316 e. The van der Waals surface area contributed by atoms with Crippen molar-refractivity contribution >= 4 is 11.8 Å². The van der Waals surface area contributed by atoms with Crippen molar-refractivity contribution in [3.8, 4) is 0 Å². The average molecular weight is 227 g/mol. The maximum Gasteiger partial charge on any atom is -0.000679 e. The van der Waals surface area contributed by atoms with Crippen LogP contribution < -0.4 is 5.32 Å².